The molecule has 0 radical (unpaired) electrons. The van der Waals surface area contributed by atoms with Crippen LogP contribution in [-0.4, -0.2) is 23.9 Å². The molecule has 0 aromatic heterocycles. The maximum Gasteiger partial charge on any atom is 0.408 e. The first kappa shape index (κ1) is 21.4. The average molecular weight is 448 g/mol. The van der Waals surface area contributed by atoms with Gasteiger partial charge in [0.1, 0.15) is 12.6 Å². The summed E-state index contributed by atoms with van der Waals surface area (Å²) in [5.41, 5.74) is 7.52. The first-order chi connectivity index (χ1) is 13.3. The molecule has 0 aliphatic rings. The molecule has 0 saturated heterocycles. The predicted octanol–water partition coefficient (Wildman–Crippen LogP) is 3.26. The molecule has 2 aromatic rings. The first-order valence-corrected chi connectivity index (χ1v) is 9.47. The van der Waals surface area contributed by atoms with Crippen LogP contribution in [0.3, 0.4) is 0 Å². The monoisotopic (exact) mass is 447 g/mol. The van der Waals surface area contributed by atoms with Crippen LogP contribution in [0, 0.1) is 6.92 Å². The Kier molecular flexibility index (Phi) is 8.01. The zero-order valence-corrected chi connectivity index (χ0v) is 17.0. The van der Waals surface area contributed by atoms with Crippen molar-refractivity contribution >= 4 is 39.5 Å². The lowest BCUT2D eigenvalue weighted by molar-refractivity contribution is -0.119. The molecule has 0 fully saturated rings. The second-order valence-corrected chi connectivity index (χ2v) is 7.07. The minimum atomic E-state index is -0.959. The van der Waals surface area contributed by atoms with Gasteiger partial charge in [0.2, 0.25) is 11.8 Å². The Morgan fingerprint density at radius 2 is 1.86 bits per heavy atom. The van der Waals surface area contributed by atoms with Crippen molar-refractivity contribution in [3.63, 3.8) is 0 Å². The molecule has 0 bridgehead atoms. The number of carbonyl (C=O) groups is 3. The summed E-state index contributed by atoms with van der Waals surface area (Å²) in [6.07, 6.45) is -0.728. The molecule has 0 spiro atoms. The average Bonchev–Trinajstić information content (AvgIpc) is 2.67. The second kappa shape index (κ2) is 10.5. The van der Waals surface area contributed by atoms with Gasteiger partial charge in [-0.15, -0.1) is 0 Å². The number of hydrogen-bond donors (Lipinski definition) is 3. The molecule has 0 aliphatic heterocycles. The fourth-order valence-corrected chi connectivity index (χ4v) is 2.66. The van der Waals surface area contributed by atoms with Crippen molar-refractivity contribution in [1.82, 2.24) is 5.32 Å². The first-order valence-electron chi connectivity index (χ1n) is 8.67. The fraction of sp³-hybridized carbons (Fsp3) is 0.250. The maximum atomic E-state index is 12.6. The molecule has 0 unspecified atom stereocenters. The summed E-state index contributed by atoms with van der Waals surface area (Å²) in [6.45, 7) is 1.96. The van der Waals surface area contributed by atoms with Crippen LogP contribution in [0.15, 0.2) is 53.0 Å². The number of ether oxygens (including phenoxy) is 1. The molecule has 7 nitrogen and oxygen atoms in total. The molecule has 0 aliphatic carbocycles. The normalized spacial score (nSPS) is 11.4. The molecule has 4 N–H and O–H groups in total. The molecule has 2 rings (SSSR count). The fourth-order valence-electron chi connectivity index (χ4n) is 2.41. The molecule has 1 atom stereocenters. The minimum Gasteiger partial charge on any atom is -0.445 e. The van der Waals surface area contributed by atoms with Crippen LogP contribution in [0.4, 0.5) is 10.5 Å². The van der Waals surface area contributed by atoms with E-state index in [0.29, 0.717) is 5.69 Å². The number of nitrogens with one attached hydrogen (secondary N) is 2. The highest BCUT2D eigenvalue weighted by molar-refractivity contribution is 9.10. The molecular formula is C20H22BrN3O4. The Bertz CT molecular complexity index is 843. The van der Waals surface area contributed by atoms with Gasteiger partial charge in [-0.05, 0) is 42.7 Å². The van der Waals surface area contributed by atoms with E-state index < -0.39 is 23.9 Å². The number of halogens is 1. The van der Waals surface area contributed by atoms with E-state index in [1.54, 1.807) is 12.1 Å². The van der Waals surface area contributed by atoms with Gasteiger partial charge >= 0.3 is 6.09 Å². The van der Waals surface area contributed by atoms with E-state index in [2.05, 4.69) is 26.6 Å². The van der Waals surface area contributed by atoms with E-state index in [-0.39, 0.29) is 19.4 Å². The molecule has 2 aromatic carbocycles. The summed E-state index contributed by atoms with van der Waals surface area (Å²) in [7, 11) is 0. The third-order valence-electron chi connectivity index (χ3n) is 3.93. The molecule has 3 amide bonds. The number of benzene rings is 2. The Morgan fingerprint density at radius 1 is 1.14 bits per heavy atom. The molecule has 28 heavy (non-hydrogen) atoms. The Morgan fingerprint density at radius 3 is 2.50 bits per heavy atom. The Balaban J connectivity index is 1.98. The van der Waals surface area contributed by atoms with E-state index in [1.807, 2.05) is 43.3 Å². The second-order valence-electron chi connectivity index (χ2n) is 6.22. The highest BCUT2D eigenvalue weighted by Gasteiger charge is 2.22. The van der Waals surface area contributed by atoms with Crippen LogP contribution < -0.4 is 16.4 Å². The quantitative estimate of drug-likeness (QED) is 0.576. The van der Waals surface area contributed by atoms with Crippen molar-refractivity contribution in [2.24, 2.45) is 5.73 Å². The third kappa shape index (κ3) is 7.03. The van der Waals surface area contributed by atoms with Crippen molar-refractivity contribution < 1.29 is 19.1 Å². The van der Waals surface area contributed by atoms with Crippen LogP contribution in [0.2, 0.25) is 0 Å². The number of nitrogens with two attached hydrogens (primary N) is 1. The summed E-state index contributed by atoms with van der Waals surface area (Å²) < 4.78 is 6.06. The SMILES string of the molecule is Cc1cc(NC(=O)[C@H](CCC(N)=O)NC(=O)OCc2ccccc2)ccc1Br. The number of aryl methyl sites for hydroxylation is 1. The van der Waals surface area contributed by atoms with E-state index in [0.717, 1.165) is 15.6 Å². The molecule has 0 saturated carbocycles. The van der Waals surface area contributed by atoms with Crippen LogP contribution in [0.5, 0.6) is 0 Å². The van der Waals surface area contributed by atoms with Gasteiger partial charge in [0.25, 0.3) is 0 Å². The van der Waals surface area contributed by atoms with Crippen LogP contribution in [-0.2, 0) is 20.9 Å². The summed E-state index contributed by atoms with van der Waals surface area (Å²) in [5.74, 6) is -1.02. The third-order valence-corrected chi connectivity index (χ3v) is 4.82. The number of primary amides is 1. The molecule has 0 heterocycles. The number of anilines is 1. The number of hydrogen-bond acceptors (Lipinski definition) is 4. The van der Waals surface area contributed by atoms with Crippen molar-refractivity contribution in [3.05, 3.63) is 64.1 Å². The summed E-state index contributed by atoms with van der Waals surface area (Å²) >= 11 is 3.40. The van der Waals surface area contributed by atoms with Crippen molar-refractivity contribution in [2.75, 3.05) is 5.32 Å². The van der Waals surface area contributed by atoms with Gasteiger partial charge in [0.05, 0.1) is 0 Å². The van der Waals surface area contributed by atoms with Gasteiger partial charge in [0.15, 0.2) is 0 Å². The zero-order chi connectivity index (χ0) is 20.5. The molecule has 8 heteroatoms. The number of rotatable bonds is 8. The van der Waals surface area contributed by atoms with Crippen molar-refractivity contribution in [2.45, 2.75) is 32.4 Å². The lowest BCUT2D eigenvalue weighted by atomic mass is 10.1. The standard InChI is InChI=1S/C20H22BrN3O4/c1-13-11-15(7-8-16(13)21)23-19(26)17(9-10-18(22)25)24-20(27)28-12-14-5-3-2-4-6-14/h2-8,11,17H,9-10,12H2,1H3,(H2,22,25)(H,23,26)(H,24,27)/t17-/m0/s1. The highest BCUT2D eigenvalue weighted by Crippen LogP contribution is 2.20. The molecular weight excluding hydrogens is 426 g/mol. The van der Waals surface area contributed by atoms with Crippen LogP contribution in [0.25, 0.3) is 0 Å². The van der Waals surface area contributed by atoms with Crippen LogP contribution >= 0.6 is 15.9 Å². The van der Waals surface area contributed by atoms with Gasteiger partial charge in [0, 0.05) is 16.6 Å². The van der Waals surface area contributed by atoms with Crippen molar-refractivity contribution in [1.29, 1.82) is 0 Å². The summed E-state index contributed by atoms with van der Waals surface area (Å²) in [6, 6.07) is 13.5. The topological polar surface area (TPSA) is 111 Å². The predicted molar refractivity (Wildman–Crippen MR) is 109 cm³/mol. The minimum absolute atomic E-state index is 0.0452. The van der Waals surface area contributed by atoms with E-state index in [4.69, 9.17) is 10.5 Å². The van der Waals surface area contributed by atoms with Gasteiger partial charge in [-0.1, -0.05) is 46.3 Å². The van der Waals surface area contributed by atoms with Gasteiger partial charge in [-0.2, -0.15) is 0 Å². The summed E-state index contributed by atoms with van der Waals surface area (Å²) in [5, 5.41) is 5.23. The Hall–Kier alpha value is -2.87. The number of amides is 3. The van der Waals surface area contributed by atoms with E-state index in [1.165, 1.54) is 0 Å². The molecule has 148 valence electrons. The van der Waals surface area contributed by atoms with Crippen LogP contribution in [0.1, 0.15) is 24.0 Å². The highest BCUT2D eigenvalue weighted by atomic mass is 79.9. The lowest BCUT2D eigenvalue weighted by Gasteiger charge is -2.18. The van der Waals surface area contributed by atoms with Gasteiger partial charge in [-0.25, -0.2) is 4.79 Å². The largest absolute Gasteiger partial charge is 0.445 e. The Labute approximate surface area is 171 Å². The van der Waals surface area contributed by atoms with E-state index >= 15 is 0 Å². The zero-order valence-electron chi connectivity index (χ0n) is 15.4. The lowest BCUT2D eigenvalue weighted by Crippen LogP contribution is -2.44. The van der Waals surface area contributed by atoms with Gasteiger partial charge < -0.3 is 21.1 Å². The summed E-state index contributed by atoms with van der Waals surface area (Å²) in [4.78, 5) is 35.8. The number of alkyl carbamates (subject to hydrolysis) is 1. The van der Waals surface area contributed by atoms with Crippen molar-refractivity contribution in [3.8, 4) is 0 Å². The number of carbonyl (C=O) groups excluding carboxylic acids is 3. The smallest absolute Gasteiger partial charge is 0.408 e. The maximum absolute atomic E-state index is 12.6. The van der Waals surface area contributed by atoms with E-state index in [9.17, 15) is 14.4 Å². The van der Waals surface area contributed by atoms with Gasteiger partial charge in [-0.3, -0.25) is 9.59 Å².